The molecule has 110 valence electrons. The van der Waals surface area contributed by atoms with Gasteiger partial charge in [0.1, 0.15) is 0 Å². The lowest BCUT2D eigenvalue weighted by Gasteiger charge is -2.17. The first-order chi connectivity index (χ1) is 9.56. The Morgan fingerprint density at radius 2 is 2.30 bits per heavy atom. The van der Waals surface area contributed by atoms with Gasteiger partial charge in [-0.3, -0.25) is 0 Å². The van der Waals surface area contributed by atoms with Crippen molar-refractivity contribution in [3.63, 3.8) is 0 Å². The summed E-state index contributed by atoms with van der Waals surface area (Å²) in [5.74, 6) is 0.173. The summed E-state index contributed by atoms with van der Waals surface area (Å²) < 4.78 is 0. The van der Waals surface area contributed by atoms with Crippen LogP contribution in [0.3, 0.4) is 0 Å². The van der Waals surface area contributed by atoms with E-state index in [1.54, 1.807) is 11.3 Å². The molecule has 4 nitrogen and oxygen atoms in total. The number of aliphatic hydroxyl groups is 1. The molecule has 1 unspecified atom stereocenters. The molecule has 3 atom stereocenters. The standard InChI is InChI=1S/C15H22N2O2S/c1-10(7-14-6-3-11(2)20-14)16-15(19)17-13-5-4-12(8-13)9-18/h3-6,10,12-13,18H,7-9H2,1-2H3,(H2,16,17,19)/t10?,12-,13+/m0/s1. The minimum Gasteiger partial charge on any atom is -0.396 e. The molecule has 0 saturated heterocycles. The number of amides is 2. The molecule has 0 radical (unpaired) electrons. The summed E-state index contributed by atoms with van der Waals surface area (Å²) in [6, 6.07) is 4.21. The van der Waals surface area contributed by atoms with Crippen LogP contribution in [-0.2, 0) is 6.42 Å². The lowest BCUT2D eigenvalue weighted by atomic mass is 10.1. The number of thiophene rings is 1. The molecule has 5 heteroatoms. The van der Waals surface area contributed by atoms with Crippen LogP contribution in [0.25, 0.3) is 0 Å². The number of carbonyl (C=O) groups is 1. The van der Waals surface area contributed by atoms with Crippen molar-refractivity contribution in [3.05, 3.63) is 34.0 Å². The summed E-state index contributed by atoms with van der Waals surface area (Å²) in [4.78, 5) is 14.5. The lowest BCUT2D eigenvalue weighted by molar-refractivity contribution is 0.229. The smallest absolute Gasteiger partial charge is 0.315 e. The molecule has 0 saturated carbocycles. The van der Waals surface area contributed by atoms with Crippen LogP contribution >= 0.6 is 11.3 Å². The van der Waals surface area contributed by atoms with Crippen molar-refractivity contribution in [2.24, 2.45) is 5.92 Å². The van der Waals surface area contributed by atoms with Crippen molar-refractivity contribution in [1.29, 1.82) is 0 Å². The Morgan fingerprint density at radius 1 is 1.50 bits per heavy atom. The third-order valence-electron chi connectivity index (χ3n) is 3.40. The van der Waals surface area contributed by atoms with Crippen LogP contribution in [-0.4, -0.2) is 29.8 Å². The number of carbonyl (C=O) groups excluding carboxylic acids is 1. The van der Waals surface area contributed by atoms with Crippen LogP contribution in [0.5, 0.6) is 0 Å². The van der Waals surface area contributed by atoms with Gasteiger partial charge in [-0.2, -0.15) is 0 Å². The summed E-state index contributed by atoms with van der Waals surface area (Å²) in [6.07, 6.45) is 5.55. The van der Waals surface area contributed by atoms with E-state index in [1.165, 1.54) is 9.75 Å². The summed E-state index contributed by atoms with van der Waals surface area (Å²) in [6.45, 7) is 4.24. The van der Waals surface area contributed by atoms with Crippen molar-refractivity contribution >= 4 is 17.4 Å². The second-order valence-corrected chi connectivity index (χ2v) is 6.78. The molecule has 0 spiro atoms. The molecule has 0 fully saturated rings. The van der Waals surface area contributed by atoms with Crippen LogP contribution in [0.1, 0.15) is 23.1 Å². The molecule has 1 aromatic rings. The normalized spacial score (nSPS) is 22.8. The third-order valence-corrected chi connectivity index (χ3v) is 4.43. The first-order valence-corrected chi connectivity index (χ1v) is 7.80. The highest BCUT2D eigenvalue weighted by Gasteiger charge is 2.20. The maximum absolute atomic E-state index is 11.9. The maximum atomic E-state index is 11.9. The van der Waals surface area contributed by atoms with Gasteiger partial charge in [0, 0.05) is 40.8 Å². The van der Waals surface area contributed by atoms with Gasteiger partial charge in [-0.15, -0.1) is 11.3 Å². The lowest BCUT2D eigenvalue weighted by Crippen LogP contribution is -2.45. The van der Waals surface area contributed by atoms with Gasteiger partial charge in [-0.05, 0) is 32.4 Å². The maximum Gasteiger partial charge on any atom is 0.315 e. The largest absolute Gasteiger partial charge is 0.396 e. The van der Waals surface area contributed by atoms with Gasteiger partial charge in [0.25, 0.3) is 0 Å². The topological polar surface area (TPSA) is 61.4 Å². The fourth-order valence-electron chi connectivity index (χ4n) is 2.40. The first-order valence-electron chi connectivity index (χ1n) is 6.98. The minimum atomic E-state index is -0.140. The van der Waals surface area contributed by atoms with E-state index in [1.807, 2.05) is 19.1 Å². The zero-order chi connectivity index (χ0) is 14.5. The van der Waals surface area contributed by atoms with E-state index < -0.39 is 0 Å². The molecule has 20 heavy (non-hydrogen) atoms. The number of aliphatic hydroxyl groups excluding tert-OH is 1. The van der Waals surface area contributed by atoms with E-state index in [2.05, 4.69) is 29.7 Å². The monoisotopic (exact) mass is 294 g/mol. The van der Waals surface area contributed by atoms with Gasteiger partial charge in [0.2, 0.25) is 0 Å². The summed E-state index contributed by atoms with van der Waals surface area (Å²) in [7, 11) is 0. The SMILES string of the molecule is Cc1ccc(CC(C)NC(=O)N[C@@H]2C=C[C@H](CO)C2)s1. The zero-order valence-electron chi connectivity index (χ0n) is 11.9. The number of aryl methyl sites for hydroxylation is 1. The predicted octanol–water partition coefficient (Wildman–Crippen LogP) is 2.22. The Hall–Kier alpha value is -1.33. The fraction of sp³-hybridized carbons (Fsp3) is 0.533. The minimum absolute atomic E-state index is 0.0309. The number of hydrogen-bond donors (Lipinski definition) is 3. The van der Waals surface area contributed by atoms with Crippen LogP contribution in [0.15, 0.2) is 24.3 Å². The average molecular weight is 294 g/mol. The Morgan fingerprint density at radius 3 is 2.90 bits per heavy atom. The molecule has 1 aromatic heterocycles. The number of rotatable bonds is 5. The van der Waals surface area contributed by atoms with Crippen molar-refractivity contribution in [2.75, 3.05) is 6.61 Å². The van der Waals surface area contributed by atoms with Gasteiger partial charge in [0.05, 0.1) is 0 Å². The van der Waals surface area contributed by atoms with Gasteiger partial charge in [-0.1, -0.05) is 12.2 Å². The van der Waals surface area contributed by atoms with Gasteiger partial charge in [0.15, 0.2) is 0 Å². The highest BCUT2D eigenvalue weighted by Crippen LogP contribution is 2.18. The number of urea groups is 1. The molecular formula is C15H22N2O2S. The van der Waals surface area contributed by atoms with E-state index in [9.17, 15) is 4.79 Å². The molecule has 2 amide bonds. The van der Waals surface area contributed by atoms with Gasteiger partial charge < -0.3 is 15.7 Å². The predicted molar refractivity (Wildman–Crippen MR) is 82.0 cm³/mol. The molecule has 1 aliphatic carbocycles. The Balaban J connectivity index is 1.73. The molecular weight excluding hydrogens is 272 g/mol. The third kappa shape index (κ3) is 4.35. The number of nitrogens with one attached hydrogen (secondary N) is 2. The Labute approximate surface area is 123 Å². The van der Waals surface area contributed by atoms with E-state index in [0.29, 0.717) is 0 Å². The van der Waals surface area contributed by atoms with Crippen molar-refractivity contribution in [3.8, 4) is 0 Å². The van der Waals surface area contributed by atoms with Crippen molar-refractivity contribution < 1.29 is 9.90 Å². The zero-order valence-corrected chi connectivity index (χ0v) is 12.7. The quantitative estimate of drug-likeness (QED) is 0.729. The molecule has 2 rings (SSSR count). The Kier molecular flexibility index (Phi) is 5.20. The van der Waals surface area contributed by atoms with E-state index in [0.717, 1.165) is 12.8 Å². The molecule has 0 bridgehead atoms. The van der Waals surface area contributed by atoms with Crippen molar-refractivity contribution in [2.45, 2.75) is 38.8 Å². The molecule has 1 aliphatic rings. The fourth-order valence-corrected chi connectivity index (χ4v) is 3.42. The average Bonchev–Trinajstić information content (AvgIpc) is 2.98. The number of hydrogen-bond acceptors (Lipinski definition) is 3. The molecule has 1 heterocycles. The summed E-state index contributed by atoms with van der Waals surface area (Å²) in [5, 5.41) is 14.9. The van der Waals surface area contributed by atoms with Crippen LogP contribution < -0.4 is 10.6 Å². The van der Waals surface area contributed by atoms with Crippen LogP contribution in [0.2, 0.25) is 0 Å². The van der Waals surface area contributed by atoms with Crippen molar-refractivity contribution in [1.82, 2.24) is 10.6 Å². The van der Waals surface area contributed by atoms with Gasteiger partial charge >= 0.3 is 6.03 Å². The summed E-state index contributed by atoms with van der Waals surface area (Å²) in [5.41, 5.74) is 0. The molecule has 3 N–H and O–H groups in total. The van der Waals surface area contributed by atoms with Crippen LogP contribution in [0.4, 0.5) is 4.79 Å². The molecule has 0 aliphatic heterocycles. The van der Waals surface area contributed by atoms with Gasteiger partial charge in [-0.25, -0.2) is 4.79 Å². The second kappa shape index (κ2) is 6.90. The second-order valence-electron chi connectivity index (χ2n) is 5.41. The van der Waals surface area contributed by atoms with E-state index >= 15 is 0 Å². The van der Waals surface area contributed by atoms with Crippen LogP contribution in [0, 0.1) is 12.8 Å². The van der Waals surface area contributed by atoms with E-state index in [-0.39, 0.29) is 30.6 Å². The highest BCUT2D eigenvalue weighted by atomic mass is 32.1. The Bertz CT molecular complexity index is 484. The summed E-state index contributed by atoms with van der Waals surface area (Å²) >= 11 is 1.77. The highest BCUT2D eigenvalue weighted by molar-refractivity contribution is 7.11. The van der Waals surface area contributed by atoms with E-state index in [4.69, 9.17) is 5.11 Å². The molecule has 0 aromatic carbocycles. The first kappa shape index (κ1) is 15.1.